The van der Waals surface area contributed by atoms with Crippen molar-refractivity contribution in [3.8, 4) is 0 Å². The second-order valence-corrected chi connectivity index (χ2v) is 31.4. The first-order chi connectivity index (χ1) is 10.2. The first-order valence-corrected chi connectivity index (χ1v) is 25.8. The van der Waals surface area contributed by atoms with Crippen LogP contribution >= 0.6 is 0 Å². The van der Waals surface area contributed by atoms with Crippen LogP contribution in [0.1, 0.15) is 0 Å². The molecule has 0 aliphatic heterocycles. The lowest BCUT2D eigenvalue weighted by atomic mass is 11.5. The highest BCUT2D eigenvalue weighted by molar-refractivity contribution is 6.80. The quantitative estimate of drug-likeness (QED) is 0.420. The first-order valence-electron chi connectivity index (χ1n) is 8.91. The second-order valence-electron chi connectivity index (χ2n) is 10.1. The molecule has 0 aromatic heterocycles. The highest BCUT2D eigenvalue weighted by atomic mass is 28.4. The molecule has 0 spiro atoms. The summed E-state index contributed by atoms with van der Waals surface area (Å²) in [4.78, 5) is 0. The minimum atomic E-state index is -1.39. The fourth-order valence-corrected chi connectivity index (χ4v) is 17.1. The molecular weight excluding hydrogens is 401 g/mol. The maximum Gasteiger partial charge on any atom is 0.297 e. The Hall–Kier alpha value is 1.14. The van der Waals surface area contributed by atoms with E-state index in [1.807, 2.05) is 0 Å². The Balaban J connectivity index is 0. The third-order valence-electron chi connectivity index (χ3n) is 2.08. The minimum absolute atomic E-state index is 0.114. The van der Waals surface area contributed by atoms with Crippen molar-refractivity contribution in [1.29, 1.82) is 0 Å². The third kappa shape index (κ3) is 25.4. The molecule has 0 saturated carbocycles. The van der Waals surface area contributed by atoms with Gasteiger partial charge in [0.15, 0.2) is 33.3 Å². The van der Waals surface area contributed by atoms with E-state index in [0.29, 0.717) is 0 Å². The normalized spacial score (nSPS) is 14.1. The molecule has 0 aliphatic rings. The molecule has 4 nitrogen and oxygen atoms in total. The van der Waals surface area contributed by atoms with Crippen LogP contribution in [-0.2, 0) is 17.1 Å². The van der Waals surface area contributed by atoms with Crippen LogP contribution in [0.5, 0.6) is 0 Å². The smallest absolute Gasteiger partial charge is 0.297 e. The van der Waals surface area contributed by atoms with E-state index in [9.17, 15) is 0 Å². The van der Waals surface area contributed by atoms with Gasteiger partial charge in [0.05, 0.1) is 10.2 Å². The van der Waals surface area contributed by atoms with Crippen molar-refractivity contribution in [2.75, 3.05) is 0 Å². The second kappa shape index (κ2) is 10.5. The Kier molecular flexibility index (Phi) is 11.9. The highest BCUT2D eigenvalue weighted by Crippen LogP contribution is 2.12. The molecule has 0 aromatic rings. The molecule has 0 N–H and O–H groups in total. The van der Waals surface area contributed by atoms with Gasteiger partial charge in [-0.05, 0) is 85.1 Å². The van der Waals surface area contributed by atoms with Crippen LogP contribution in [0, 0.1) is 0 Å². The molecule has 0 saturated heterocycles. The van der Waals surface area contributed by atoms with Crippen LogP contribution in [-0.4, -0.2) is 58.7 Å². The lowest BCUT2D eigenvalue weighted by Crippen LogP contribution is -2.41. The predicted octanol–water partition coefficient (Wildman–Crippen LogP) is 3.88. The van der Waals surface area contributed by atoms with Gasteiger partial charge in [0.25, 0.3) is 9.28 Å². The van der Waals surface area contributed by atoms with Gasteiger partial charge in [-0.2, -0.15) is 0 Å². The first kappa shape index (κ1) is 27.4. The minimum Gasteiger partial charge on any atom is -0.439 e. The molecule has 0 aliphatic carbocycles. The average molecular weight is 445 g/mol. The Labute approximate surface area is 160 Å². The summed E-state index contributed by atoms with van der Waals surface area (Å²) in [5.74, 6) is 0.114. The summed E-state index contributed by atoms with van der Waals surface area (Å²) in [5, 5.41) is 0. The van der Waals surface area contributed by atoms with Crippen molar-refractivity contribution < 1.29 is 17.1 Å². The molecule has 0 atom stereocenters. The van der Waals surface area contributed by atoms with E-state index in [4.69, 9.17) is 17.1 Å². The number of hydrogen-bond donors (Lipinski definition) is 0. The largest absolute Gasteiger partial charge is 0.439 e. The molecule has 24 heavy (non-hydrogen) atoms. The van der Waals surface area contributed by atoms with Gasteiger partial charge < -0.3 is 17.1 Å². The Bertz CT molecular complexity index is 275. The molecular formula is C14H44O4Si6. The number of rotatable bonds is 8. The molecule has 0 amide bonds. The van der Waals surface area contributed by atoms with Crippen LogP contribution in [0.15, 0.2) is 0 Å². The third-order valence-corrected chi connectivity index (χ3v) is 13.9. The van der Waals surface area contributed by atoms with Gasteiger partial charge in [-0.3, -0.25) is 0 Å². The van der Waals surface area contributed by atoms with Gasteiger partial charge in [0.2, 0.25) is 0 Å². The fraction of sp³-hybridized carbons (Fsp3) is 1.00. The van der Waals surface area contributed by atoms with Gasteiger partial charge in [-0.25, -0.2) is 0 Å². The van der Waals surface area contributed by atoms with Crippen LogP contribution in [0.3, 0.4) is 0 Å². The molecule has 0 rings (SSSR count). The molecule has 0 aromatic carbocycles. The molecule has 10 heteroatoms. The average Bonchev–Trinajstić information content (AvgIpc) is 2.02. The van der Waals surface area contributed by atoms with Crippen molar-refractivity contribution >= 4 is 52.8 Å². The van der Waals surface area contributed by atoms with Crippen LogP contribution in [0.2, 0.25) is 85.1 Å². The molecule has 0 fully saturated rings. The summed E-state index contributed by atoms with van der Waals surface area (Å²) in [5.41, 5.74) is 0. The summed E-state index contributed by atoms with van der Waals surface area (Å²) in [6.45, 7) is 28.6. The highest BCUT2D eigenvalue weighted by Gasteiger charge is 2.25. The van der Waals surface area contributed by atoms with E-state index < -0.39 is 42.6 Å². The molecule has 148 valence electrons. The van der Waals surface area contributed by atoms with Gasteiger partial charge in [-0.1, -0.05) is 0 Å². The predicted molar refractivity (Wildman–Crippen MR) is 124 cm³/mol. The Morgan fingerprint density at radius 1 is 0.583 bits per heavy atom. The van der Waals surface area contributed by atoms with Gasteiger partial charge >= 0.3 is 0 Å². The van der Waals surface area contributed by atoms with Crippen LogP contribution in [0.4, 0.5) is 0 Å². The molecule has 0 bridgehead atoms. The van der Waals surface area contributed by atoms with Crippen molar-refractivity contribution in [3.05, 3.63) is 0 Å². The van der Waals surface area contributed by atoms with E-state index in [1.165, 1.54) is 0 Å². The Morgan fingerprint density at radius 2 is 0.833 bits per heavy atom. The molecule has 0 heterocycles. The van der Waals surface area contributed by atoms with Crippen molar-refractivity contribution in [1.82, 2.24) is 0 Å². The zero-order valence-corrected chi connectivity index (χ0v) is 25.9. The summed E-state index contributed by atoms with van der Waals surface area (Å²) in [6, 6.07) is 0. The summed E-state index contributed by atoms with van der Waals surface area (Å²) < 4.78 is 23.5. The zero-order valence-electron chi connectivity index (χ0n) is 18.8. The maximum atomic E-state index is 5.90. The van der Waals surface area contributed by atoms with Crippen molar-refractivity contribution in [3.63, 3.8) is 0 Å². The van der Waals surface area contributed by atoms with Crippen molar-refractivity contribution in [2.24, 2.45) is 0 Å². The zero-order chi connectivity index (χ0) is 20.0. The van der Waals surface area contributed by atoms with E-state index >= 15 is 0 Å². The summed E-state index contributed by atoms with van der Waals surface area (Å²) in [7, 11) is -5.85. The van der Waals surface area contributed by atoms with Gasteiger partial charge in [-0.15, -0.1) is 0 Å². The van der Waals surface area contributed by atoms with Gasteiger partial charge in [0, 0.05) is 0 Å². The maximum absolute atomic E-state index is 5.90. The van der Waals surface area contributed by atoms with E-state index in [0.717, 1.165) is 10.2 Å². The molecule has 0 unspecified atom stereocenters. The summed E-state index contributed by atoms with van der Waals surface area (Å²) >= 11 is 0. The summed E-state index contributed by atoms with van der Waals surface area (Å²) in [6.07, 6.45) is 0. The fourth-order valence-electron chi connectivity index (χ4n) is 2.04. The topological polar surface area (TPSA) is 36.9 Å². The standard InChI is InChI=1S/2C7H22O2Si3/c1-10(8-11(2,3)4)9-12(5,6)7;1-11(2,3)8-7(10)9-12(4,5)6/h10H,1-7H3;7H,1-6,10H3. The molecule has 0 radical (unpaired) electrons. The number of hydrogen-bond acceptors (Lipinski definition) is 4. The van der Waals surface area contributed by atoms with E-state index in [-0.39, 0.29) is 5.91 Å². The lowest BCUT2D eigenvalue weighted by Gasteiger charge is -2.29. The van der Waals surface area contributed by atoms with Gasteiger partial charge in [0.1, 0.15) is 5.91 Å². The van der Waals surface area contributed by atoms with E-state index in [2.05, 4.69) is 85.1 Å². The lowest BCUT2D eigenvalue weighted by molar-refractivity contribution is 0.0641. The van der Waals surface area contributed by atoms with E-state index in [1.54, 1.807) is 0 Å². The van der Waals surface area contributed by atoms with Crippen LogP contribution < -0.4 is 0 Å². The van der Waals surface area contributed by atoms with Crippen molar-refractivity contribution in [2.45, 2.75) is 91.0 Å². The SMILES string of the molecule is C[SiH](O[Si](C)(C)C)O[Si](C)(C)C.C[Si](C)(C)OC([SiH3])O[Si](C)(C)C. The van der Waals surface area contributed by atoms with Crippen LogP contribution in [0.25, 0.3) is 0 Å². The monoisotopic (exact) mass is 444 g/mol. The Morgan fingerprint density at radius 3 is 1.00 bits per heavy atom.